The van der Waals surface area contributed by atoms with Crippen LogP contribution in [0.15, 0.2) is 23.1 Å². The van der Waals surface area contributed by atoms with Crippen LogP contribution >= 0.6 is 0 Å². The van der Waals surface area contributed by atoms with E-state index in [1.54, 1.807) is 19.2 Å². The Morgan fingerprint density at radius 2 is 2.04 bits per heavy atom. The Balaban J connectivity index is 1.89. The molecule has 0 amide bonds. The van der Waals surface area contributed by atoms with Gasteiger partial charge < -0.3 is 18.9 Å². The van der Waals surface area contributed by atoms with Gasteiger partial charge in [0.1, 0.15) is 11.4 Å². The van der Waals surface area contributed by atoms with Gasteiger partial charge in [-0.1, -0.05) is 0 Å². The molecule has 2 heterocycles. The summed E-state index contributed by atoms with van der Waals surface area (Å²) in [5.41, 5.74) is 0.611. The number of nitrogens with zero attached hydrogens (tertiary/aromatic N) is 2. The minimum absolute atomic E-state index is 0.0372. The highest BCUT2D eigenvalue weighted by atomic mass is 19.1. The van der Waals surface area contributed by atoms with Crippen LogP contribution in [0, 0.1) is 5.82 Å². The number of anilines is 1. The number of esters is 1. The molecule has 2 aliphatic rings. The molecular weight excluding hydrogens is 339 g/mol. The van der Waals surface area contributed by atoms with Crippen molar-refractivity contribution >= 4 is 22.6 Å². The Labute approximate surface area is 150 Å². The van der Waals surface area contributed by atoms with Crippen molar-refractivity contribution < 1.29 is 18.7 Å². The smallest absolute Gasteiger partial charge is 0.343 e. The maximum absolute atomic E-state index is 14.8. The number of morpholine rings is 1. The Kier molecular flexibility index (Phi) is 4.40. The van der Waals surface area contributed by atoms with Crippen LogP contribution in [0.4, 0.5) is 10.1 Å². The van der Waals surface area contributed by atoms with E-state index in [1.165, 1.54) is 6.07 Å². The zero-order chi connectivity index (χ0) is 18.3. The number of benzene rings is 1. The zero-order valence-electron chi connectivity index (χ0n) is 14.7. The number of carbonyl (C=O) groups excluding carboxylic acids is 1. The van der Waals surface area contributed by atoms with E-state index in [2.05, 4.69) is 0 Å². The number of rotatable bonds is 4. The molecule has 4 rings (SSSR count). The molecule has 2 fully saturated rings. The second-order valence-electron chi connectivity index (χ2n) is 6.65. The van der Waals surface area contributed by atoms with Crippen molar-refractivity contribution in [2.24, 2.45) is 0 Å². The molecule has 1 saturated carbocycles. The monoisotopic (exact) mass is 360 g/mol. The molecule has 1 aromatic carbocycles. The molecule has 1 aliphatic heterocycles. The molecule has 138 valence electrons. The van der Waals surface area contributed by atoms with Crippen LogP contribution in [0.25, 0.3) is 10.9 Å². The van der Waals surface area contributed by atoms with Gasteiger partial charge in [-0.15, -0.1) is 0 Å². The van der Waals surface area contributed by atoms with Crippen molar-refractivity contribution in [3.8, 4) is 0 Å². The van der Waals surface area contributed by atoms with Crippen LogP contribution in [0.1, 0.15) is 36.2 Å². The topological polar surface area (TPSA) is 60.8 Å². The first kappa shape index (κ1) is 17.0. The highest BCUT2D eigenvalue weighted by molar-refractivity contribution is 5.94. The molecule has 26 heavy (non-hydrogen) atoms. The maximum Gasteiger partial charge on any atom is 0.343 e. The third-order valence-corrected chi connectivity index (χ3v) is 4.89. The van der Waals surface area contributed by atoms with Gasteiger partial charge in [-0.3, -0.25) is 4.79 Å². The molecule has 0 atom stereocenters. The molecule has 0 bridgehead atoms. The lowest BCUT2D eigenvalue weighted by molar-refractivity contribution is 0.0524. The summed E-state index contributed by atoms with van der Waals surface area (Å²) in [7, 11) is 0. The van der Waals surface area contributed by atoms with Crippen LogP contribution in [-0.2, 0) is 9.47 Å². The van der Waals surface area contributed by atoms with E-state index in [0.717, 1.165) is 12.8 Å². The average Bonchev–Trinajstić information content (AvgIpc) is 3.48. The number of hydrogen-bond donors (Lipinski definition) is 0. The van der Waals surface area contributed by atoms with Crippen molar-refractivity contribution in [3.63, 3.8) is 0 Å². The predicted molar refractivity (Wildman–Crippen MR) is 95.4 cm³/mol. The molecule has 0 unspecified atom stereocenters. The second-order valence-corrected chi connectivity index (χ2v) is 6.65. The number of pyridine rings is 1. The molecule has 6 nitrogen and oxygen atoms in total. The second kappa shape index (κ2) is 6.72. The third kappa shape index (κ3) is 2.96. The van der Waals surface area contributed by atoms with Gasteiger partial charge >= 0.3 is 5.97 Å². The molecule has 1 aromatic heterocycles. The normalized spacial score (nSPS) is 17.5. The van der Waals surface area contributed by atoms with Crippen molar-refractivity contribution in [2.75, 3.05) is 37.8 Å². The number of halogens is 1. The Morgan fingerprint density at radius 1 is 1.31 bits per heavy atom. The average molecular weight is 360 g/mol. The number of fused-ring (bicyclic) bond motifs is 1. The van der Waals surface area contributed by atoms with Gasteiger partial charge in [0.05, 0.1) is 31.0 Å². The highest BCUT2D eigenvalue weighted by Crippen LogP contribution is 2.38. The summed E-state index contributed by atoms with van der Waals surface area (Å²) in [6.45, 7) is 4.19. The molecule has 1 saturated heterocycles. The van der Waals surface area contributed by atoms with E-state index >= 15 is 0 Å². The van der Waals surface area contributed by atoms with Crippen LogP contribution < -0.4 is 10.3 Å². The van der Waals surface area contributed by atoms with Gasteiger partial charge in [-0.25, -0.2) is 9.18 Å². The van der Waals surface area contributed by atoms with Gasteiger partial charge in [0.25, 0.3) is 0 Å². The first-order chi connectivity index (χ1) is 12.6. The van der Waals surface area contributed by atoms with Crippen LogP contribution in [-0.4, -0.2) is 43.4 Å². The minimum Gasteiger partial charge on any atom is -0.462 e. The largest absolute Gasteiger partial charge is 0.462 e. The quantitative estimate of drug-likeness (QED) is 0.784. The van der Waals surface area contributed by atoms with E-state index in [-0.39, 0.29) is 23.6 Å². The standard InChI is InChI=1S/C19H21FN2O4/c1-2-26-19(24)14-11-22(12-3-4-12)16-10-17(21-5-7-25-8-6-21)15(20)9-13(16)18(14)23/h9-12H,2-8H2,1H3. The number of carbonyl (C=O) groups is 1. The lowest BCUT2D eigenvalue weighted by atomic mass is 10.1. The van der Waals surface area contributed by atoms with Crippen molar-refractivity contribution in [1.82, 2.24) is 4.57 Å². The fourth-order valence-corrected chi connectivity index (χ4v) is 3.41. The van der Waals surface area contributed by atoms with E-state index in [9.17, 15) is 14.0 Å². The summed E-state index contributed by atoms with van der Waals surface area (Å²) in [4.78, 5) is 26.8. The SMILES string of the molecule is CCOC(=O)c1cn(C2CC2)c2cc(N3CCOCC3)c(F)cc2c1=O. The Hall–Kier alpha value is -2.41. The molecule has 2 aromatic rings. The summed E-state index contributed by atoms with van der Waals surface area (Å²) in [5.74, 6) is -1.12. The zero-order valence-corrected chi connectivity index (χ0v) is 14.7. The maximum atomic E-state index is 14.8. The Bertz CT molecular complexity index is 914. The fraction of sp³-hybridized carbons (Fsp3) is 0.474. The highest BCUT2D eigenvalue weighted by Gasteiger charge is 2.28. The third-order valence-electron chi connectivity index (χ3n) is 4.89. The first-order valence-electron chi connectivity index (χ1n) is 8.98. The summed E-state index contributed by atoms with van der Waals surface area (Å²) in [5, 5.41) is 0.219. The predicted octanol–water partition coefficient (Wildman–Crippen LogP) is 2.49. The molecule has 0 N–H and O–H groups in total. The molecule has 0 radical (unpaired) electrons. The van der Waals surface area contributed by atoms with E-state index in [4.69, 9.17) is 9.47 Å². The van der Waals surface area contributed by atoms with Gasteiger partial charge in [0, 0.05) is 30.7 Å². The van der Waals surface area contributed by atoms with E-state index in [1.807, 2.05) is 9.47 Å². The lowest BCUT2D eigenvalue weighted by Gasteiger charge is -2.29. The first-order valence-corrected chi connectivity index (χ1v) is 8.98. The summed E-state index contributed by atoms with van der Waals surface area (Å²) >= 11 is 0. The van der Waals surface area contributed by atoms with Crippen molar-refractivity contribution in [3.05, 3.63) is 39.9 Å². The van der Waals surface area contributed by atoms with Gasteiger partial charge in [-0.2, -0.15) is 0 Å². The number of hydrogen-bond acceptors (Lipinski definition) is 5. The summed E-state index contributed by atoms with van der Waals surface area (Å²) in [6, 6.07) is 3.21. The van der Waals surface area contributed by atoms with E-state index in [0.29, 0.717) is 37.5 Å². The molecular formula is C19H21FN2O4. The minimum atomic E-state index is -0.661. The number of aromatic nitrogens is 1. The summed E-state index contributed by atoms with van der Waals surface area (Å²) < 4.78 is 27.0. The molecule has 1 aliphatic carbocycles. The van der Waals surface area contributed by atoms with Gasteiger partial charge in [0.15, 0.2) is 0 Å². The Morgan fingerprint density at radius 3 is 2.69 bits per heavy atom. The van der Waals surface area contributed by atoms with Gasteiger partial charge in [-0.05, 0) is 31.9 Å². The molecule has 7 heteroatoms. The van der Waals surface area contributed by atoms with Crippen LogP contribution in [0.2, 0.25) is 0 Å². The fourth-order valence-electron chi connectivity index (χ4n) is 3.41. The van der Waals surface area contributed by atoms with Crippen molar-refractivity contribution in [1.29, 1.82) is 0 Å². The van der Waals surface area contributed by atoms with Crippen LogP contribution in [0.5, 0.6) is 0 Å². The van der Waals surface area contributed by atoms with Crippen LogP contribution in [0.3, 0.4) is 0 Å². The van der Waals surface area contributed by atoms with Crippen molar-refractivity contribution in [2.45, 2.75) is 25.8 Å². The molecule has 0 spiro atoms. The number of ether oxygens (including phenoxy) is 2. The summed E-state index contributed by atoms with van der Waals surface area (Å²) in [6.07, 6.45) is 3.52. The van der Waals surface area contributed by atoms with E-state index < -0.39 is 17.2 Å². The lowest BCUT2D eigenvalue weighted by Crippen LogP contribution is -2.36. The van der Waals surface area contributed by atoms with Gasteiger partial charge in [0.2, 0.25) is 5.43 Å².